The molecule has 124 valence electrons. The zero-order valence-electron chi connectivity index (χ0n) is 13.5. The monoisotopic (exact) mass is 327 g/mol. The third kappa shape index (κ3) is 4.91. The van der Waals surface area contributed by atoms with Gasteiger partial charge in [-0.05, 0) is 37.7 Å². The van der Waals surface area contributed by atoms with Crippen LogP contribution in [0.25, 0.3) is 0 Å². The number of hydrogen-bond acceptors (Lipinski definition) is 5. The summed E-state index contributed by atoms with van der Waals surface area (Å²) in [5, 5.41) is 7.92. The Kier molecular flexibility index (Phi) is 5.74. The summed E-state index contributed by atoms with van der Waals surface area (Å²) in [6.07, 6.45) is 1.66. The second-order valence-corrected chi connectivity index (χ2v) is 8.35. The Hall–Kier alpha value is -1.21. The number of nitrogens with zero attached hydrogens (tertiary/aromatic N) is 3. The standard InChI is InChI=1S/C15H25N3O3S/c1-12(2)11-22(19,20)18-8-6-14(7-9-18)10-21-15-5-4-13(3)16-17-15/h4-5,12,14H,6-11H2,1-3H3. The fourth-order valence-corrected chi connectivity index (χ4v) is 4.37. The van der Waals surface area contributed by atoms with Crippen LogP contribution in [0.3, 0.4) is 0 Å². The molecule has 0 aromatic carbocycles. The van der Waals surface area contributed by atoms with Crippen molar-refractivity contribution in [3.63, 3.8) is 0 Å². The second kappa shape index (κ2) is 7.37. The summed E-state index contributed by atoms with van der Waals surface area (Å²) in [7, 11) is -3.11. The Morgan fingerprint density at radius 1 is 1.27 bits per heavy atom. The van der Waals surface area contributed by atoms with Crippen molar-refractivity contribution >= 4 is 10.0 Å². The molecule has 1 aliphatic heterocycles. The van der Waals surface area contributed by atoms with Crippen LogP contribution in [-0.2, 0) is 10.0 Å². The molecule has 0 unspecified atom stereocenters. The van der Waals surface area contributed by atoms with E-state index in [1.165, 1.54) is 0 Å². The van der Waals surface area contributed by atoms with Crippen LogP contribution in [0, 0.1) is 18.8 Å². The zero-order chi connectivity index (χ0) is 16.2. The van der Waals surface area contributed by atoms with Crippen LogP contribution < -0.4 is 4.74 Å². The average Bonchev–Trinajstić information content (AvgIpc) is 2.46. The maximum atomic E-state index is 12.2. The highest BCUT2D eigenvalue weighted by Crippen LogP contribution is 2.21. The molecule has 0 saturated carbocycles. The molecule has 1 aliphatic rings. The van der Waals surface area contributed by atoms with E-state index in [4.69, 9.17) is 4.74 Å². The Balaban J connectivity index is 1.78. The molecule has 22 heavy (non-hydrogen) atoms. The second-order valence-electron chi connectivity index (χ2n) is 6.34. The normalized spacial score (nSPS) is 17.8. The van der Waals surface area contributed by atoms with Gasteiger partial charge in [0.1, 0.15) is 0 Å². The van der Waals surface area contributed by atoms with Gasteiger partial charge in [0.15, 0.2) is 0 Å². The first kappa shape index (κ1) is 17.1. The Morgan fingerprint density at radius 3 is 2.50 bits per heavy atom. The SMILES string of the molecule is Cc1ccc(OCC2CCN(S(=O)(=O)CC(C)C)CC2)nn1. The van der Waals surface area contributed by atoms with E-state index in [1.54, 1.807) is 4.31 Å². The van der Waals surface area contributed by atoms with Crippen LogP contribution in [0.15, 0.2) is 12.1 Å². The summed E-state index contributed by atoms with van der Waals surface area (Å²) >= 11 is 0. The molecule has 1 aromatic rings. The predicted octanol–water partition coefficient (Wildman–Crippen LogP) is 1.86. The van der Waals surface area contributed by atoms with E-state index in [1.807, 2.05) is 32.9 Å². The molecule has 6 nitrogen and oxygen atoms in total. The van der Waals surface area contributed by atoms with Crippen LogP contribution >= 0.6 is 0 Å². The molecule has 0 atom stereocenters. The van der Waals surface area contributed by atoms with Gasteiger partial charge in [0.25, 0.3) is 0 Å². The quantitative estimate of drug-likeness (QED) is 0.797. The van der Waals surface area contributed by atoms with E-state index in [0.717, 1.165) is 18.5 Å². The summed E-state index contributed by atoms with van der Waals surface area (Å²) in [5.41, 5.74) is 0.857. The first-order valence-electron chi connectivity index (χ1n) is 7.78. The molecule has 0 amide bonds. The summed E-state index contributed by atoms with van der Waals surface area (Å²) < 4.78 is 31.6. The number of rotatable bonds is 6. The number of sulfonamides is 1. The van der Waals surface area contributed by atoms with Crippen LogP contribution in [-0.4, -0.2) is 48.4 Å². The van der Waals surface area contributed by atoms with Crippen molar-refractivity contribution < 1.29 is 13.2 Å². The van der Waals surface area contributed by atoms with Gasteiger partial charge in [-0.2, -0.15) is 5.10 Å². The number of ether oxygens (including phenoxy) is 1. The van der Waals surface area contributed by atoms with Gasteiger partial charge in [0.05, 0.1) is 18.1 Å². The van der Waals surface area contributed by atoms with E-state index < -0.39 is 10.0 Å². The lowest BCUT2D eigenvalue weighted by Gasteiger charge is -2.31. The largest absolute Gasteiger partial charge is 0.476 e. The Labute approximate surface area is 132 Å². The van der Waals surface area contributed by atoms with Crippen molar-refractivity contribution in [1.29, 1.82) is 0 Å². The average molecular weight is 327 g/mol. The summed E-state index contributed by atoms with van der Waals surface area (Å²) in [5.74, 6) is 1.29. The summed E-state index contributed by atoms with van der Waals surface area (Å²) in [6.45, 7) is 7.48. The highest BCUT2D eigenvalue weighted by molar-refractivity contribution is 7.89. The molecule has 1 saturated heterocycles. The molecule has 0 spiro atoms. The number of aromatic nitrogens is 2. The molecule has 0 aliphatic carbocycles. The van der Waals surface area contributed by atoms with Gasteiger partial charge >= 0.3 is 0 Å². The molecule has 0 radical (unpaired) electrons. The molecule has 1 aromatic heterocycles. The molecule has 2 rings (SSSR count). The fourth-order valence-electron chi connectivity index (χ4n) is 2.55. The first-order valence-corrected chi connectivity index (χ1v) is 9.38. The molecule has 1 fully saturated rings. The zero-order valence-corrected chi connectivity index (χ0v) is 14.3. The van der Waals surface area contributed by atoms with Gasteiger partial charge in [-0.3, -0.25) is 0 Å². The van der Waals surface area contributed by atoms with E-state index in [0.29, 0.717) is 31.5 Å². The van der Waals surface area contributed by atoms with Gasteiger partial charge < -0.3 is 4.74 Å². The van der Waals surface area contributed by atoms with E-state index >= 15 is 0 Å². The molecule has 7 heteroatoms. The van der Waals surface area contributed by atoms with Crippen molar-refractivity contribution in [2.45, 2.75) is 33.6 Å². The minimum atomic E-state index is -3.11. The van der Waals surface area contributed by atoms with Crippen molar-refractivity contribution in [3.8, 4) is 5.88 Å². The first-order chi connectivity index (χ1) is 10.4. The number of hydrogen-bond donors (Lipinski definition) is 0. The Morgan fingerprint density at radius 2 is 1.95 bits per heavy atom. The van der Waals surface area contributed by atoms with Crippen LogP contribution in [0.2, 0.25) is 0 Å². The molecular weight excluding hydrogens is 302 g/mol. The lowest BCUT2D eigenvalue weighted by atomic mass is 9.99. The maximum Gasteiger partial charge on any atom is 0.233 e. The Bertz CT molecular complexity index is 564. The minimum Gasteiger partial charge on any atom is -0.476 e. The summed E-state index contributed by atoms with van der Waals surface area (Å²) in [6, 6.07) is 3.67. The molecular formula is C15H25N3O3S. The van der Waals surface area contributed by atoms with Crippen molar-refractivity contribution in [1.82, 2.24) is 14.5 Å². The van der Waals surface area contributed by atoms with Crippen molar-refractivity contribution in [2.75, 3.05) is 25.4 Å². The van der Waals surface area contributed by atoms with E-state index in [2.05, 4.69) is 10.2 Å². The van der Waals surface area contributed by atoms with Gasteiger partial charge in [-0.25, -0.2) is 12.7 Å². The van der Waals surface area contributed by atoms with Crippen LogP contribution in [0.4, 0.5) is 0 Å². The topological polar surface area (TPSA) is 72.4 Å². The molecule has 0 bridgehead atoms. The van der Waals surface area contributed by atoms with Gasteiger partial charge in [-0.15, -0.1) is 5.10 Å². The number of aryl methyl sites for hydroxylation is 1. The minimum absolute atomic E-state index is 0.158. The lowest BCUT2D eigenvalue weighted by Crippen LogP contribution is -2.41. The fraction of sp³-hybridized carbons (Fsp3) is 0.733. The predicted molar refractivity (Wildman–Crippen MR) is 85.2 cm³/mol. The smallest absolute Gasteiger partial charge is 0.233 e. The maximum absolute atomic E-state index is 12.2. The van der Waals surface area contributed by atoms with Gasteiger partial charge in [0.2, 0.25) is 15.9 Å². The van der Waals surface area contributed by atoms with Gasteiger partial charge in [0, 0.05) is 19.2 Å². The van der Waals surface area contributed by atoms with E-state index in [9.17, 15) is 8.42 Å². The highest BCUT2D eigenvalue weighted by Gasteiger charge is 2.28. The third-order valence-electron chi connectivity index (χ3n) is 3.75. The van der Waals surface area contributed by atoms with Crippen LogP contribution in [0.5, 0.6) is 5.88 Å². The summed E-state index contributed by atoms with van der Waals surface area (Å²) in [4.78, 5) is 0. The third-order valence-corrected chi connectivity index (χ3v) is 5.99. The lowest BCUT2D eigenvalue weighted by molar-refractivity contribution is 0.179. The van der Waals surface area contributed by atoms with Crippen LogP contribution in [0.1, 0.15) is 32.4 Å². The molecule has 0 N–H and O–H groups in total. The van der Waals surface area contributed by atoms with Gasteiger partial charge in [-0.1, -0.05) is 13.8 Å². The van der Waals surface area contributed by atoms with Crippen molar-refractivity contribution in [2.24, 2.45) is 11.8 Å². The van der Waals surface area contributed by atoms with Crippen molar-refractivity contribution in [3.05, 3.63) is 17.8 Å². The number of piperidine rings is 1. The highest BCUT2D eigenvalue weighted by atomic mass is 32.2. The molecule has 2 heterocycles. The van der Waals surface area contributed by atoms with E-state index in [-0.39, 0.29) is 11.7 Å².